The summed E-state index contributed by atoms with van der Waals surface area (Å²) in [6.45, 7) is 3.04. The van der Waals surface area contributed by atoms with Crippen molar-refractivity contribution in [1.29, 1.82) is 0 Å². The molecule has 1 aromatic rings. The predicted octanol–water partition coefficient (Wildman–Crippen LogP) is 2.63. The minimum Gasteiger partial charge on any atom is -0.497 e. The summed E-state index contributed by atoms with van der Waals surface area (Å²) in [4.78, 5) is 0. The zero-order valence-electron chi connectivity index (χ0n) is 11.2. The van der Waals surface area contributed by atoms with E-state index < -0.39 is 0 Å². The number of ether oxygens (including phenoxy) is 2. The van der Waals surface area contributed by atoms with Crippen LogP contribution in [0.5, 0.6) is 5.75 Å². The lowest BCUT2D eigenvalue weighted by Gasteiger charge is -2.24. The van der Waals surface area contributed by atoms with Crippen LogP contribution in [0.25, 0.3) is 0 Å². The van der Waals surface area contributed by atoms with E-state index in [1.165, 1.54) is 5.56 Å². The Balaban J connectivity index is 2.70. The van der Waals surface area contributed by atoms with Crippen LogP contribution in [0.4, 0.5) is 0 Å². The van der Waals surface area contributed by atoms with Gasteiger partial charge < -0.3 is 14.8 Å². The molecule has 0 spiro atoms. The maximum absolute atomic E-state index is 5.17. The molecule has 0 amide bonds. The average Bonchev–Trinajstić information content (AvgIpc) is 2.38. The van der Waals surface area contributed by atoms with Gasteiger partial charge in [-0.25, -0.2) is 0 Å². The first-order valence-electron chi connectivity index (χ1n) is 6.03. The fourth-order valence-corrected chi connectivity index (χ4v) is 2.06. The first kappa shape index (κ1) is 14.0. The third kappa shape index (κ3) is 4.02. The maximum Gasteiger partial charge on any atom is 0.118 e. The van der Waals surface area contributed by atoms with E-state index >= 15 is 0 Å². The lowest BCUT2D eigenvalue weighted by Crippen LogP contribution is -2.24. The van der Waals surface area contributed by atoms with E-state index in [2.05, 4.69) is 24.4 Å². The predicted molar refractivity (Wildman–Crippen MR) is 70.5 cm³/mol. The van der Waals surface area contributed by atoms with Crippen molar-refractivity contribution in [2.75, 3.05) is 27.9 Å². The lowest BCUT2D eigenvalue weighted by atomic mass is 9.92. The summed E-state index contributed by atoms with van der Waals surface area (Å²) in [6, 6.07) is 8.59. The van der Waals surface area contributed by atoms with E-state index in [0.717, 1.165) is 18.8 Å². The molecular weight excluding hydrogens is 214 g/mol. The molecular formula is C14H23NO2. The average molecular weight is 237 g/mol. The summed E-state index contributed by atoms with van der Waals surface area (Å²) in [6.07, 6.45) is 1.05. The van der Waals surface area contributed by atoms with Crippen LogP contribution in [0, 0.1) is 5.92 Å². The van der Waals surface area contributed by atoms with Crippen LogP contribution in [-0.2, 0) is 4.74 Å². The summed E-state index contributed by atoms with van der Waals surface area (Å²) in [5.74, 6) is 1.43. The molecule has 2 atom stereocenters. The highest BCUT2D eigenvalue weighted by Crippen LogP contribution is 2.25. The monoisotopic (exact) mass is 237 g/mol. The fraction of sp³-hybridized carbons (Fsp3) is 0.571. The molecule has 0 radical (unpaired) electrons. The Morgan fingerprint density at radius 3 is 2.29 bits per heavy atom. The van der Waals surface area contributed by atoms with Gasteiger partial charge in [0.25, 0.3) is 0 Å². The normalized spacial score (nSPS) is 14.4. The van der Waals surface area contributed by atoms with Crippen LogP contribution in [-0.4, -0.2) is 27.9 Å². The van der Waals surface area contributed by atoms with Crippen molar-refractivity contribution >= 4 is 0 Å². The van der Waals surface area contributed by atoms with E-state index in [1.807, 2.05) is 19.2 Å². The van der Waals surface area contributed by atoms with Gasteiger partial charge in [0, 0.05) is 19.8 Å². The van der Waals surface area contributed by atoms with Gasteiger partial charge in [-0.3, -0.25) is 0 Å². The summed E-state index contributed by atoms with van der Waals surface area (Å²) in [7, 11) is 5.43. The fourth-order valence-electron chi connectivity index (χ4n) is 2.06. The second-order valence-electron chi connectivity index (χ2n) is 4.30. The highest BCUT2D eigenvalue weighted by Gasteiger charge is 2.17. The van der Waals surface area contributed by atoms with Crippen LogP contribution >= 0.6 is 0 Å². The molecule has 3 nitrogen and oxygen atoms in total. The van der Waals surface area contributed by atoms with Crippen LogP contribution in [0.15, 0.2) is 24.3 Å². The number of hydrogen-bond donors (Lipinski definition) is 1. The SMILES string of the molecule is CNC(c1ccc(OC)cc1)C(C)CCOC. The third-order valence-corrected chi connectivity index (χ3v) is 3.13. The molecule has 1 rings (SSSR count). The van der Waals surface area contributed by atoms with E-state index in [1.54, 1.807) is 14.2 Å². The standard InChI is InChI=1S/C14H23NO2/c1-11(9-10-16-3)14(15-2)12-5-7-13(17-4)8-6-12/h5-8,11,14-15H,9-10H2,1-4H3. The Labute approximate surface area is 104 Å². The van der Waals surface area contributed by atoms with Gasteiger partial charge in [-0.2, -0.15) is 0 Å². The summed E-state index contributed by atoms with van der Waals surface area (Å²) in [5.41, 5.74) is 1.29. The number of rotatable bonds is 7. The minimum atomic E-state index is 0.357. The van der Waals surface area contributed by atoms with E-state index in [0.29, 0.717) is 12.0 Å². The summed E-state index contributed by atoms with van der Waals surface area (Å²) in [5, 5.41) is 3.37. The molecule has 0 aliphatic rings. The molecule has 0 fully saturated rings. The van der Waals surface area contributed by atoms with Gasteiger partial charge >= 0.3 is 0 Å². The molecule has 0 saturated heterocycles. The lowest BCUT2D eigenvalue weighted by molar-refractivity contribution is 0.171. The van der Waals surface area contributed by atoms with Crippen LogP contribution in [0.2, 0.25) is 0 Å². The van der Waals surface area contributed by atoms with Crippen molar-refractivity contribution in [1.82, 2.24) is 5.32 Å². The molecule has 0 aliphatic carbocycles. The van der Waals surface area contributed by atoms with Crippen molar-refractivity contribution in [3.8, 4) is 5.75 Å². The molecule has 0 heterocycles. The smallest absolute Gasteiger partial charge is 0.118 e. The molecule has 17 heavy (non-hydrogen) atoms. The van der Waals surface area contributed by atoms with Crippen molar-refractivity contribution in [2.24, 2.45) is 5.92 Å². The van der Waals surface area contributed by atoms with Gasteiger partial charge in [0.2, 0.25) is 0 Å². The zero-order chi connectivity index (χ0) is 12.7. The zero-order valence-corrected chi connectivity index (χ0v) is 11.2. The van der Waals surface area contributed by atoms with Gasteiger partial charge in [-0.1, -0.05) is 19.1 Å². The first-order chi connectivity index (χ1) is 8.22. The number of hydrogen-bond acceptors (Lipinski definition) is 3. The van der Waals surface area contributed by atoms with Gasteiger partial charge in [0.05, 0.1) is 7.11 Å². The van der Waals surface area contributed by atoms with Crippen LogP contribution in [0.3, 0.4) is 0 Å². The van der Waals surface area contributed by atoms with Crippen molar-refractivity contribution < 1.29 is 9.47 Å². The van der Waals surface area contributed by atoms with E-state index in [-0.39, 0.29) is 0 Å². The minimum absolute atomic E-state index is 0.357. The highest BCUT2D eigenvalue weighted by molar-refractivity contribution is 5.29. The Morgan fingerprint density at radius 2 is 1.82 bits per heavy atom. The third-order valence-electron chi connectivity index (χ3n) is 3.13. The van der Waals surface area contributed by atoms with Crippen LogP contribution < -0.4 is 10.1 Å². The van der Waals surface area contributed by atoms with Gasteiger partial charge in [-0.05, 0) is 37.1 Å². The second-order valence-corrected chi connectivity index (χ2v) is 4.30. The molecule has 1 N–H and O–H groups in total. The largest absolute Gasteiger partial charge is 0.497 e. The number of benzene rings is 1. The highest BCUT2D eigenvalue weighted by atomic mass is 16.5. The number of nitrogens with one attached hydrogen (secondary N) is 1. The van der Waals surface area contributed by atoms with Crippen LogP contribution in [0.1, 0.15) is 24.9 Å². The molecule has 0 aliphatic heterocycles. The quantitative estimate of drug-likeness (QED) is 0.790. The molecule has 96 valence electrons. The Kier molecular flexibility index (Phi) is 6.01. The maximum atomic E-state index is 5.17. The van der Waals surface area contributed by atoms with Gasteiger partial charge in [-0.15, -0.1) is 0 Å². The molecule has 2 unspecified atom stereocenters. The summed E-state index contributed by atoms with van der Waals surface area (Å²) < 4.78 is 10.3. The van der Waals surface area contributed by atoms with Crippen molar-refractivity contribution in [2.45, 2.75) is 19.4 Å². The van der Waals surface area contributed by atoms with Crippen molar-refractivity contribution in [3.63, 3.8) is 0 Å². The first-order valence-corrected chi connectivity index (χ1v) is 6.03. The Bertz CT molecular complexity index is 311. The van der Waals surface area contributed by atoms with E-state index in [9.17, 15) is 0 Å². The number of methoxy groups -OCH3 is 2. The van der Waals surface area contributed by atoms with E-state index in [4.69, 9.17) is 9.47 Å². The second kappa shape index (κ2) is 7.30. The molecule has 1 aromatic carbocycles. The Hall–Kier alpha value is -1.06. The molecule has 0 saturated carbocycles. The molecule has 0 bridgehead atoms. The topological polar surface area (TPSA) is 30.5 Å². The van der Waals surface area contributed by atoms with Gasteiger partial charge in [0.1, 0.15) is 5.75 Å². The Morgan fingerprint density at radius 1 is 1.18 bits per heavy atom. The van der Waals surface area contributed by atoms with Gasteiger partial charge in [0.15, 0.2) is 0 Å². The molecule has 0 aromatic heterocycles. The molecule has 3 heteroatoms. The summed E-state index contributed by atoms with van der Waals surface area (Å²) >= 11 is 0. The van der Waals surface area contributed by atoms with Crippen molar-refractivity contribution in [3.05, 3.63) is 29.8 Å².